The fourth-order valence-electron chi connectivity index (χ4n) is 4.35. The molecule has 4 N–H and O–H groups in total. The maximum Gasteiger partial charge on any atom is 0.411 e. The van der Waals surface area contributed by atoms with E-state index in [0.717, 1.165) is 29.7 Å². The zero-order valence-electron chi connectivity index (χ0n) is 26.7. The van der Waals surface area contributed by atoms with Crippen LogP contribution in [0.15, 0.2) is 29.6 Å². The van der Waals surface area contributed by atoms with Crippen LogP contribution in [0.3, 0.4) is 0 Å². The van der Waals surface area contributed by atoms with Crippen molar-refractivity contribution in [2.75, 3.05) is 32.6 Å². The van der Waals surface area contributed by atoms with E-state index < -0.39 is 35.3 Å². The molecule has 240 valence electrons. The number of hydrogen-bond acceptors (Lipinski definition) is 10. The standard InChI is InChI=1S/C30H47N5O7S/c1-20(36)32-26-33-23(19-43-26)15-14-21-10-12-22(13-11-21)16-17-35(18-24(39-8)40-9)30(28(2,3)4,41-25(31)37)42-27(38)34-29(5,6)7/h10-13,19,24H,14-18H2,1-9H3,(H2,31,37)(H,34,38)(H,32,33,36). The Hall–Kier alpha value is -3.26. The quantitative estimate of drug-likeness (QED) is 0.255. The maximum absolute atomic E-state index is 13.1. The summed E-state index contributed by atoms with van der Waals surface area (Å²) in [6.07, 6.45) is -0.527. The number of alkyl carbamates (subject to hydrolysis) is 1. The molecule has 0 saturated carbocycles. The number of benzene rings is 1. The van der Waals surface area contributed by atoms with Gasteiger partial charge in [0, 0.05) is 38.6 Å². The van der Waals surface area contributed by atoms with Gasteiger partial charge in [-0.25, -0.2) is 19.5 Å². The molecular weight excluding hydrogens is 574 g/mol. The highest BCUT2D eigenvalue weighted by Gasteiger charge is 2.55. The summed E-state index contributed by atoms with van der Waals surface area (Å²) in [5.41, 5.74) is 7.07. The van der Waals surface area contributed by atoms with Crippen LogP contribution in [0.2, 0.25) is 0 Å². The molecule has 1 aromatic carbocycles. The smallest absolute Gasteiger partial charge is 0.391 e. The Balaban J connectivity index is 2.28. The van der Waals surface area contributed by atoms with E-state index in [1.54, 1.807) is 25.7 Å². The van der Waals surface area contributed by atoms with E-state index in [4.69, 9.17) is 24.7 Å². The van der Waals surface area contributed by atoms with Gasteiger partial charge in [-0.15, -0.1) is 11.3 Å². The summed E-state index contributed by atoms with van der Waals surface area (Å²) >= 11 is 1.41. The number of carbonyl (C=O) groups is 3. The minimum atomic E-state index is -1.90. The lowest BCUT2D eigenvalue weighted by Gasteiger charge is -2.49. The topological polar surface area (TPSA) is 154 Å². The summed E-state index contributed by atoms with van der Waals surface area (Å²) in [4.78, 5) is 42.7. The largest absolute Gasteiger partial charge is 0.411 e. The highest BCUT2D eigenvalue weighted by atomic mass is 32.1. The van der Waals surface area contributed by atoms with E-state index in [1.165, 1.54) is 32.5 Å². The monoisotopic (exact) mass is 621 g/mol. The Kier molecular flexibility index (Phi) is 12.9. The van der Waals surface area contributed by atoms with Gasteiger partial charge in [0.15, 0.2) is 11.4 Å². The number of carbonyl (C=O) groups excluding carboxylic acids is 3. The Morgan fingerprint density at radius 3 is 2.02 bits per heavy atom. The number of hydrogen-bond donors (Lipinski definition) is 3. The van der Waals surface area contributed by atoms with Gasteiger partial charge in [-0.1, -0.05) is 45.0 Å². The van der Waals surface area contributed by atoms with Crippen molar-refractivity contribution in [2.24, 2.45) is 11.1 Å². The molecule has 0 radical (unpaired) electrons. The summed E-state index contributed by atoms with van der Waals surface area (Å²) in [7, 11) is 3.00. The molecule has 0 aliphatic carbocycles. The van der Waals surface area contributed by atoms with Crippen LogP contribution in [-0.2, 0) is 43.0 Å². The third-order valence-electron chi connectivity index (χ3n) is 6.40. The molecule has 43 heavy (non-hydrogen) atoms. The van der Waals surface area contributed by atoms with Gasteiger partial charge < -0.3 is 35.3 Å². The Bertz CT molecular complexity index is 1200. The number of methoxy groups -OCH3 is 2. The number of amides is 3. The van der Waals surface area contributed by atoms with Crippen LogP contribution in [0.1, 0.15) is 65.3 Å². The lowest BCUT2D eigenvalue weighted by molar-refractivity contribution is -0.319. The lowest BCUT2D eigenvalue weighted by atomic mass is 9.89. The van der Waals surface area contributed by atoms with Crippen molar-refractivity contribution in [1.82, 2.24) is 15.2 Å². The first-order chi connectivity index (χ1) is 20.0. The number of nitrogens with one attached hydrogen (secondary N) is 2. The number of primary amides is 1. The molecule has 0 aliphatic heterocycles. The van der Waals surface area contributed by atoms with E-state index in [-0.39, 0.29) is 12.5 Å². The van der Waals surface area contributed by atoms with Gasteiger partial charge in [0.2, 0.25) is 5.91 Å². The Labute approximate surface area is 258 Å². The van der Waals surface area contributed by atoms with Crippen LogP contribution in [0, 0.1) is 5.41 Å². The van der Waals surface area contributed by atoms with E-state index in [1.807, 2.05) is 38.3 Å². The summed E-state index contributed by atoms with van der Waals surface area (Å²) < 4.78 is 22.6. The SMILES string of the molecule is COC(CN(CCc1ccc(CCc2csc(NC(C)=O)n2)cc1)C(OC(N)=O)(OC(=O)NC(C)(C)C)C(C)(C)C)OC. The number of rotatable bonds is 14. The van der Waals surface area contributed by atoms with Crippen LogP contribution in [0.4, 0.5) is 14.7 Å². The third-order valence-corrected chi connectivity index (χ3v) is 7.21. The fraction of sp³-hybridized carbons (Fsp3) is 0.600. The summed E-state index contributed by atoms with van der Waals surface area (Å²) in [6.45, 7) is 12.7. The molecule has 0 saturated heterocycles. The van der Waals surface area contributed by atoms with Gasteiger partial charge in [0.05, 0.1) is 17.7 Å². The average molecular weight is 622 g/mol. The Morgan fingerprint density at radius 2 is 1.53 bits per heavy atom. The van der Waals surface area contributed by atoms with Crippen molar-refractivity contribution in [3.8, 4) is 0 Å². The van der Waals surface area contributed by atoms with Crippen LogP contribution in [-0.4, -0.2) is 73.0 Å². The zero-order valence-corrected chi connectivity index (χ0v) is 27.6. The molecule has 0 fully saturated rings. The van der Waals surface area contributed by atoms with E-state index in [0.29, 0.717) is 18.1 Å². The summed E-state index contributed by atoms with van der Waals surface area (Å²) in [5.74, 6) is -2.04. The lowest BCUT2D eigenvalue weighted by Crippen LogP contribution is -2.66. The van der Waals surface area contributed by atoms with Gasteiger partial charge in [-0.05, 0) is 51.2 Å². The first-order valence-corrected chi connectivity index (χ1v) is 15.0. The van der Waals surface area contributed by atoms with E-state index >= 15 is 0 Å². The summed E-state index contributed by atoms with van der Waals surface area (Å²) in [6, 6.07) is 8.17. The molecule has 2 rings (SSSR count). The molecule has 3 amide bonds. The van der Waals surface area contributed by atoms with Crippen molar-refractivity contribution >= 4 is 34.6 Å². The van der Waals surface area contributed by atoms with Crippen LogP contribution in [0.25, 0.3) is 0 Å². The molecule has 12 nitrogen and oxygen atoms in total. The van der Waals surface area contributed by atoms with Gasteiger partial charge in [-0.2, -0.15) is 0 Å². The molecule has 1 heterocycles. The fourth-order valence-corrected chi connectivity index (χ4v) is 5.14. The van der Waals surface area contributed by atoms with E-state index in [2.05, 4.69) is 27.8 Å². The Morgan fingerprint density at radius 1 is 0.953 bits per heavy atom. The van der Waals surface area contributed by atoms with Gasteiger partial charge >= 0.3 is 18.1 Å². The molecule has 0 spiro atoms. The average Bonchev–Trinajstić information content (AvgIpc) is 3.32. The third kappa shape index (κ3) is 11.4. The van der Waals surface area contributed by atoms with E-state index in [9.17, 15) is 14.4 Å². The van der Waals surface area contributed by atoms with Gasteiger partial charge in [0.25, 0.3) is 0 Å². The highest BCUT2D eigenvalue weighted by molar-refractivity contribution is 7.13. The van der Waals surface area contributed by atoms with Crippen molar-refractivity contribution in [3.05, 3.63) is 46.5 Å². The predicted molar refractivity (Wildman–Crippen MR) is 166 cm³/mol. The molecule has 0 bridgehead atoms. The minimum Gasteiger partial charge on any atom is -0.391 e. The minimum absolute atomic E-state index is 0.104. The second kappa shape index (κ2) is 15.5. The molecule has 1 atom stereocenters. The van der Waals surface area contributed by atoms with Crippen molar-refractivity contribution in [1.29, 1.82) is 0 Å². The number of aromatic nitrogens is 1. The first kappa shape index (κ1) is 35.9. The second-order valence-corrected chi connectivity index (χ2v) is 13.1. The zero-order chi connectivity index (χ0) is 32.4. The molecule has 13 heteroatoms. The number of anilines is 1. The van der Waals surface area contributed by atoms with Crippen LogP contribution >= 0.6 is 11.3 Å². The first-order valence-electron chi connectivity index (χ1n) is 14.1. The summed E-state index contributed by atoms with van der Waals surface area (Å²) in [5, 5.41) is 8.01. The number of nitrogens with two attached hydrogens (primary N) is 1. The number of aryl methyl sites for hydroxylation is 2. The van der Waals surface area contributed by atoms with Crippen LogP contribution in [0.5, 0.6) is 0 Å². The van der Waals surface area contributed by atoms with Crippen LogP contribution < -0.4 is 16.4 Å². The van der Waals surface area contributed by atoms with Gasteiger partial charge in [-0.3, -0.25) is 4.79 Å². The molecule has 0 aliphatic rings. The van der Waals surface area contributed by atoms with Crippen molar-refractivity contribution < 1.29 is 33.3 Å². The van der Waals surface area contributed by atoms with Crippen molar-refractivity contribution in [3.63, 3.8) is 0 Å². The normalized spacial score (nSPS) is 13.5. The number of ether oxygens (including phenoxy) is 4. The van der Waals surface area contributed by atoms with Gasteiger partial charge in [0.1, 0.15) is 0 Å². The maximum atomic E-state index is 13.1. The molecule has 1 aromatic heterocycles. The molecular formula is C30H47N5O7S. The second-order valence-electron chi connectivity index (χ2n) is 12.3. The molecule has 1 unspecified atom stereocenters. The molecule has 2 aromatic rings. The highest BCUT2D eigenvalue weighted by Crippen LogP contribution is 2.39. The number of nitrogens with zero attached hydrogens (tertiary/aromatic N) is 2. The predicted octanol–water partition coefficient (Wildman–Crippen LogP) is 4.67. The van der Waals surface area contributed by atoms with Crippen molar-refractivity contribution in [2.45, 2.75) is 85.5 Å². The number of thiazole rings is 1.